The standard InChI is InChI=1S/C14H21N3O3S/c1-5-7-16-12(18)11-10(15)9(14(19)20-6-2)13(21-11)17-8(3)4/h5,8,17H,1,6-7,15H2,2-4H3,(H,16,18). The summed E-state index contributed by atoms with van der Waals surface area (Å²) in [5, 5.41) is 6.32. The number of carbonyl (C=O) groups excluding carboxylic acids is 2. The molecule has 0 atom stereocenters. The lowest BCUT2D eigenvalue weighted by atomic mass is 10.2. The zero-order valence-electron chi connectivity index (χ0n) is 12.5. The molecule has 0 saturated carbocycles. The summed E-state index contributed by atoms with van der Waals surface area (Å²) < 4.78 is 5.01. The van der Waals surface area contributed by atoms with Gasteiger partial charge >= 0.3 is 5.97 Å². The third-order valence-electron chi connectivity index (χ3n) is 2.46. The first-order chi connectivity index (χ1) is 9.92. The molecule has 0 aromatic carbocycles. The lowest BCUT2D eigenvalue weighted by Gasteiger charge is -2.10. The van der Waals surface area contributed by atoms with E-state index in [-0.39, 0.29) is 29.8 Å². The summed E-state index contributed by atoms with van der Waals surface area (Å²) in [5.41, 5.74) is 6.33. The minimum absolute atomic E-state index is 0.0975. The summed E-state index contributed by atoms with van der Waals surface area (Å²) in [6.07, 6.45) is 1.57. The van der Waals surface area contributed by atoms with E-state index in [1.165, 1.54) is 0 Å². The van der Waals surface area contributed by atoms with Gasteiger partial charge in [0.2, 0.25) is 0 Å². The first-order valence-electron chi connectivity index (χ1n) is 6.67. The summed E-state index contributed by atoms with van der Waals surface area (Å²) >= 11 is 1.14. The van der Waals surface area contributed by atoms with Gasteiger partial charge in [-0.05, 0) is 20.8 Å². The molecule has 0 aliphatic rings. The van der Waals surface area contributed by atoms with Crippen LogP contribution in [0.1, 0.15) is 40.8 Å². The Balaban J connectivity index is 3.19. The number of nitrogens with one attached hydrogen (secondary N) is 2. The minimum Gasteiger partial charge on any atom is -0.462 e. The van der Waals surface area contributed by atoms with Gasteiger partial charge in [-0.1, -0.05) is 6.08 Å². The van der Waals surface area contributed by atoms with E-state index in [0.29, 0.717) is 16.4 Å². The third-order valence-corrected chi connectivity index (χ3v) is 3.59. The van der Waals surface area contributed by atoms with Gasteiger partial charge in [0.15, 0.2) is 0 Å². The van der Waals surface area contributed by atoms with Gasteiger partial charge in [0.1, 0.15) is 15.4 Å². The lowest BCUT2D eigenvalue weighted by molar-refractivity contribution is 0.0529. The zero-order valence-corrected chi connectivity index (χ0v) is 13.3. The second-order valence-electron chi connectivity index (χ2n) is 4.57. The molecule has 0 bridgehead atoms. The van der Waals surface area contributed by atoms with Crippen molar-refractivity contribution in [3.05, 3.63) is 23.1 Å². The zero-order chi connectivity index (χ0) is 16.0. The normalized spacial score (nSPS) is 10.3. The Morgan fingerprint density at radius 3 is 2.67 bits per heavy atom. The number of anilines is 2. The van der Waals surface area contributed by atoms with Crippen LogP contribution in [-0.4, -0.2) is 31.1 Å². The highest BCUT2D eigenvalue weighted by atomic mass is 32.1. The van der Waals surface area contributed by atoms with Crippen LogP contribution in [0.5, 0.6) is 0 Å². The fraction of sp³-hybridized carbons (Fsp3) is 0.429. The lowest BCUT2D eigenvalue weighted by Crippen LogP contribution is -2.23. The van der Waals surface area contributed by atoms with Crippen LogP contribution in [0.2, 0.25) is 0 Å². The molecule has 4 N–H and O–H groups in total. The Hall–Kier alpha value is -2.02. The molecule has 0 radical (unpaired) electrons. The maximum Gasteiger partial charge on any atom is 0.343 e. The van der Waals surface area contributed by atoms with E-state index in [2.05, 4.69) is 17.2 Å². The van der Waals surface area contributed by atoms with Gasteiger partial charge in [-0.15, -0.1) is 17.9 Å². The van der Waals surface area contributed by atoms with Crippen molar-refractivity contribution in [3.63, 3.8) is 0 Å². The van der Waals surface area contributed by atoms with Crippen molar-refractivity contribution in [2.45, 2.75) is 26.8 Å². The SMILES string of the molecule is C=CCNC(=O)c1sc(NC(C)C)c(C(=O)OCC)c1N. The number of thiophene rings is 1. The summed E-state index contributed by atoms with van der Waals surface area (Å²) in [6, 6.07) is 0.0975. The van der Waals surface area contributed by atoms with Crippen molar-refractivity contribution in [2.75, 3.05) is 24.2 Å². The van der Waals surface area contributed by atoms with Crippen molar-refractivity contribution < 1.29 is 14.3 Å². The highest BCUT2D eigenvalue weighted by Gasteiger charge is 2.26. The molecule has 0 spiro atoms. The van der Waals surface area contributed by atoms with Crippen LogP contribution in [0.25, 0.3) is 0 Å². The number of rotatable bonds is 7. The number of ether oxygens (including phenoxy) is 1. The van der Waals surface area contributed by atoms with Crippen molar-refractivity contribution >= 4 is 33.9 Å². The van der Waals surface area contributed by atoms with Crippen LogP contribution in [0.4, 0.5) is 10.7 Å². The van der Waals surface area contributed by atoms with E-state index < -0.39 is 5.97 Å². The monoisotopic (exact) mass is 311 g/mol. The Bertz CT molecular complexity index is 538. The Morgan fingerprint density at radius 1 is 1.48 bits per heavy atom. The summed E-state index contributed by atoms with van der Waals surface area (Å²) in [6.45, 7) is 9.69. The van der Waals surface area contributed by atoms with Gasteiger partial charge in [0.05, 0.1) is 12.3 Å². The Labute approximate surface area is 128 Å². The van der Waals surface area contributed by atoms with Gasteiger partial charge < -0.3 is 21.1 Å². The molecular formula is C14H21N3O3S. The quantitative estimate of drug-likeness (QED) is 0.530. The number of carbonyl (C=O) groups is 2. The van der Waals surface area contributed by atoms with Gasteiger partial charge in [-0.25, -0.2) is 4.79 Å². The highest BCUT2D eigenvalue weighted by Crippen LogP contribution is 2.36. The average Bonchev–Trinajstić information content (AvgIpc) is 2.72. The molecule has 1 amide bonds. The number of amides is 1. The van der Waals surface area contributed by atoms with Gasteiger partial charge in [0, 0.05) is 12.6 Å². The van der Waals surface area contributed by atoms with Crippen LogP contribution in [0, 0.1) is 0 Å². The topological polar surface area (TPSA) is 93.5 Å². The first-order valence-corrected chi connectivity index (χ1v) is 7.49. The van der Waals surface area contributed by atoms with E-state index in [1.807, 2.05) is 13.8 Å². The molecule has 1 rings (SSSR count). The molecule has 1 aromatic rings. The maximum absolute atomic E-state index is 12.0. The van der Waals surface area contributed by atoms with E-state index in [9.17, 15) is 9.59 Å². The molecule has 116 valence electrons. The van der Waals surface area contributed by atoms with E-state index >= 15 is 0 Å². The molecule has 21 heavy (non-hydrogen) atoms. The van der Waals surface area contributed by atoms with E-state index in [0.717, 1.165) is 11.3 Å². The smallest absolute Gasteiger partial charge is 0.343 e. The summed E-state index contributed by atoms with van der Waals surface area (Å²) in [7, 11) is 0. The van der Waals surface area contributed by atoms with Crippen molar-refractivity contribution in [3.8, 4) is 0 Å². The third kappa shape index (κ3) is 4.22. The number of esters is 1. The molecule has 0 unspecified atom stereocenters. The second kappa shape index (κ2) is 7.68. The predicted octanol–water partition coefficient (Wildman–Crippen LogP) is 2.24. The van der Waals surface area contributed by atoms with Gasteiger partial charge in [-0.3, -0.25) is 4.79 Å². The number of hydrogen-bond acceptors (Lipinski definition) is 6. The Kier molecular flexibility index (Phi) is 6.23. The van der Waals surface area contributed by atoms with E-state index in [4.69, 9.17) is 10.5 Å². The second-order valence-corrected chi connectivity index (χ2v) is 5.59. The summed E-state index contributed by atoms with van der Waals surface area (Å²) in [5.74, 6) is -0.864. The molecule has 1 aromatic heterocycles. The Morgan fingerprint density at radius 2 is 2.14 bits per heavy atom. The number of nitrogen functional groups attached to an aromatic ring is 1. The number of nitrogens with two attached hydrogens (primary N) is 1. The van der Waals surface area contributed by atoms with Gasteiger partial charge in [-0.2, -0.15) is 0 Å². The fourth-order valence-corrected chi connectivity index (χ4v) is 2.80. The average molecular weight is 311 g/mol. The highest BCUT2D eigenvalue weighted by molar-refractivity contribution is 7.19. The molecule has 0 saturated heterocycles. The van der Waals surface area contributed by atoms with Gasteiger partial charge in [0.25, 0.3) is 5.91 Å². The van der Waals surface area contributed by atoms with Crippen LogP contribution in [0.15, 0.2) is 12.7 Å². The summed E-state index contributed by atoms with van der Waals surface area (Å²) in [4.78, 5) is 24.4. The largest absolute Gasteiger partial charge is 0.462 e. The van der Waals surface area contributed by atoms with Crippen molar-refractivity contribution in [1.82, 2.24) is 5.32 Å². The van der Waals surface area contributed by atoms with Crippen LogP contribution >= 0.6 is 11.3 Å². The molecule has 6 nitrogen and oxygen atoms in total. The van der Waals surface area contributed by atoms with Crippen LogP contribution in [-0.2, 0) is 4.74 Å². The maximum atomic E-state index is 12.0. The number of hydrogen-bond donors (Lipinski definition) is 3. The molecule has 0 fully saturated rings. The fourth-order valence-electron chi connectivity index (χ4n) is 1.63. The van der Waals surface area contributed by atoms with Crippen molar-refractivity contribution in [2.24, 2.45) is 0 Å². The first kappa shape index (κ1) is 17.0. The molecule has 1 heterocycles. The predicted molar refractivity (Wildman–Crippen MR) is 86.0 cm³/mol. The van der Waals surface area contributed by atoms with Crippen LogP contribution in [0.3, 0.4) is 0 Å². The molecular weight excluding hydrogens is 290 g/mol. The van der Waals surface area contributed by atoms with E-state index in [1.54, 1.807) is 13.0 Å². The molecule has 0 aliphatic carbocycles. The van der Waals surface area contributed by atoms with Crippen LogP contribution < -0.4 is 16.4 Å². The van der Waals surface area contributed by atoms with Crippen molar-refractivity contribution in [1.29, 1.82) is 0 Å². The minimum atomic E-state index is -0.530. The molecule has 7 heteroatoms. The molecule has 0 aliphatic heterocycles.